The Balaban J connectivity index is 1.96. The van der Waals surface area contributed by atoms with E-state index in [1.807, 2.05) is 11.8 Å². The van der Waals surface area contributed by atoms with Gasteiger partial charge in [-0.2, -0.15) is 0 Å². The Morgan fingerprint density at radius 3 is 2.68 bits per heavy atom. The van der Waals surface area contributed by atoms with Gasteiger partial charge in [0.15, 0.2) is 0 Å². The van der Waals surface area contributed by atoms with Crippen molar-refractivity contribution in [3.8, 4) is 5.75 Å². The Kier molecular flexibility index (Phi) is 4.13. The van der Waals surface area contributed by atoms with E-state index in [4.69, 9.17) is 10.5 Å². The van der Waals surface area contributed by atoms with Crippen LogP contribution in [0, 0.1) is 6.92 Å². The molecule has 1 aromatic carbocycles. The second kappa shape index (κ2) is 5.92. The van der Waals surface area contributed by atoms with Gasteiger partial charge in [0.05, 0.1) is 12.5 Å². The summed E-state index contributed by atoms with van der Waals surface area (Å²) in [6, 6.07) is 6.37. The van der Waals surface area contributed by atoms with Crippen molar-refractivity contribution in [1.29, 1.82) is 0 Å². The largest absolute Gasteiger partial charge is 0.496 e. The number of aryl methyl sites for hydroxylation is 1. The van der Waals surface area contributed by atoms with E-state index < -0.39 is 0 Å². The second-order valence-electron chi connectivity index (χ2n) is 6.77. The fourth-order valence-corrected chi connectivity index (χ4v) is 4.00. The second-order valence-corrected chi connectivity index (χ2v) is 6.77. The molecule has 0 aromatic heterocycles. The Morgan fingerprint density at radius 2 is 2.09 bits per heavy atom. The zero-order valence-electron chi connectivity index (χ0n) is 13.6. The lowest BCUT2D eigenvalue weighted by Gasteiger charge is -2.33. The van der Waals surface area contributed by atoms with Crippen molar-refractivity contribution < 1.29 is 9.53 Å². The average Bonchev–Trinajstić information content (AvgIpc) is 3.17. The summed E-state index contributed by atoms with van der Waals surface area (Å²) in [4.78, 5) is 15.2. The first-order valence-electron chi connectivity index (χ1n) is 8.27. The van der Waals surface area contributed by atoms with Gasteiger partial charge in [0, 0.05) is 19.1 Å². The Labute approximate surface area is 132 Å². The Morgan fingerprint density at radius 1 is 1.36 bits per heavy atom. The van der Waals surface area contributed by atoms with Crippen LogP contribution < -0.4 is 10.5 Å². The maximum Gasteiger partial charge on any atom is 0.233 e. The number of nitrogens with zero attached hydrogens (tertiary/aromatic N) is 1. The number of hydrogen-bond acceptors (Lipinski definition) is 3. The molecule has 22 heavy (non-hydrogen) atoms. The van der Waals surface area contributed by atoms with Crippen LogP contribution in [-0.4, -0.2) is 37.0 Å². The zero-order valence-corrected chi connectivity index (χ0v) is 13.6. The average molecular weight is 302 g/mol. The summed E-state index contributed by atoms with van der Waals surface area (Å²) in [6.45, 7) is 3.53. The van der Waals surface area contributed by atoms with Crippen molar-refractivity contribution in [1.82, 2.24) is 4.90 Å². The number of benzene rings is 1. The number of nitrogens with two attached hydrogens (primary N) is 1. The highest BCUT2D eigenvalue weighted by molar-refractivity contribution is 5.89. The summed E-state index contributed by atoms with van der Waals surface area (Å²) in [5.41, 5.74) is 7.84. The van der Waals surface area contributed by atoms with E-state index in [0.29, 0.717) is 6.54 Å². The van der Waals surface area contributed by atoms with E-state index in [1.54, 1.807) is 7.11 Å². The van der Waals surface area contributed by atoms with Gasteiger partial charge in [-0.1, -0.05) is 25.0 Å². The number of methoxy groups -OCH3 is 1. The molecule has 0 radical (unpaired) electrons. The van der Waals surface area contributed by atoms with Crippen LogP contribution in [-0.2, 0) is 10.2 Å². The molecule has 3 rings (SSSR count). The van der Waals surface area contributed by atoms with Gasteiger partial charge in [-0.05, 0) is 43.4 Å². The molecule has 1 amide bonds. The molecular weight excluding hydrogens is 276 g/mol. The monoisotopic (exact) mass is 302 g/mol. The van der Waals surface area contributed by atoms with Crippen LogP contribution in [0.3, 0.4) is 0 Å². The van der Waals surface area contributed by atoms with Crippen LogP contribution in [0.5, 0.6) is 5.75 Å². The lowest BCUT2D eigenvalue weighted by Crippen LogP contribution is -2.45. The van der Waals surface area contributed by atoms with Crippen molar-refractivity contribution in [2.24, 2.45) is 5.73 Å². The molecule has 1 saturated heterocycles. The van der Waals surface area contributed by atoms with Crippen LogP contribution in [0.15, 0.2) is 18.2 Å². The van der Waals surface area contributed by atoms with Crippen LogP contribution in [0.25, 0.3) is 0 Å². The molecule has 1 atom stereocenters. The van der Waals surface area contributed by atoms with Crippen LogP contribution in [0.1, 0.15) is 43.2 Å². The molecule has 1 heterocycles. The molecule has 4 heteroatoms. The van der Waals surface area contributed by atoms with Crippen molar-refractivity contribution in [2.45, 2.75) is 50.5 Å². The number of likely N-dealkylation sites (tertiary alicyclic amines) is 1. The first-order valence-corrected chi connectivity index (χ1v) is 8.27. The third-order valence-electron chi connectivity index (χ3n) is 5.34. The topological polar surface area (TPSA) is 55.6 Å². The molecular formula is C18H26N2O2. The highest BCUT2D eigenvalue weighted by Gasteiger charge is 2.46. The number of ether oxygens (including phenoxy) is 1. The van der Waals surface area contributed by atoms with Crippen LogP contribution in [0.2, 0.25) is 0 Å². The van der Waals surface area contributed by atoms with Crippen LogP contribution >= 0.6 is 0 Å². The van der Waals surface area contributed by atoms with Crippen LogP contribution in [0.4, 0.5) is 0 Å². The molecule has 0 bridgehead atoms. The number of carbonyl (C=O) groups excluding carboxylic acids is 1. The van der Waals surface area contributed by atoms with Gasteiger partial charge >= 0.3 is 0 Å². The van der Waals surface area contributed by atoms with Gasteiger partial charge in [-0.3, -0.25) is 4.79 Å². The summed E-state index contributed by atoms with van der Waals surface area (Å²) in [5.74, 6) is 1.14. The first-order chi connectivity index (χ1) is 10.6. The Bertz CT molecular complexity index is 564. The van der Waals surface area contributed by atoms with E-state index in [9.17, 15) is 4.79 Å². The summed E-state index contributed by atoms with van der Waals surface area (Å²) in [5, 5.41) is 0. The normalized spacial score (nSPS) is 23.8. The van der Waals surface area contributed by atoms with Crippen molar-refractivity contribution in [3.63, 3.8) is 0 Å². The maximum atomic E-state index is 13.2. The third-order valence-corrected chi connectivity index (χ3v) is 5.34. The number of hydrogen-bond donors (Lipinski definition) is 1. The molecule has 0 unspecified atom stereocenters. The van der Waals surface area contributed by atoms with E-state index in [2.05, 4.69) is 18.2 Å². The number of amides is 1. The minimum absolute atomic E-state index is 0.134. The lowest BCUT2D eigenvalue weighted by molar-refractivity contribution is -0.136. The molecule has 2 aliphatic rings. The number of carbonyl (C=O) groups is 1. The van der Waals surface area contributed by atoms with Gasteiger partial charge in [-0.25, -0.2) is 0 Å². The molecule has 1 aliphatic carbocycles. The molecule has 1 aliphatic heterocycles. The Hall–Kier alpha value is -1.55. The third kappa shape index (κ3) is 2.50. The predicted octanol–water partition coefficient (Wildman–Crippen LogP) is 2.38. The summed E-state index contributed by atoms with van der Waals surface area (Å²) in [7, 11) is 1.69. The minimum Gasteiger partial charge on any atom is -0.496 e. The molecule has 4 nitrogen and oxygen atoms in total. The molecule has 1 aromatic rings. The molecule has 1 saturated carbocycles. The summed E-state index contributed by atoms with van der Waals surface area (Å²) >= 11 is 0. The summed E-state index contributed by atoms with van der Waals surface area (Å²) < 4.78 is 5.47. The quantitative estimate of drug-likeness (QED) is 0.932. The standard InChI is InChI=1S/C18H26N2O2/c1-13-5-6-14(11-16(13)22-2)18(8-3-4-9-18)17(21)20-10-7-15(19)12-20/h5-6,11,15H,3-4,7-10,12,19H2,1-2H3/t15-/m0/s1. The van der Waals surface area contributed by atoms with Gasteiger partial charge in [0.2, 0.25) is 5.91 Å². The van der Waals surface area contributed by atoms with E-state index in [-0.39, 0.29) is 17.4 Å². The smallest absolute Gasteiger partial charge is 0.233 e. The molecule has 2 fully saturated rings. The fourth-order valence-electron chi connectivity index (χ4n) is 4.00. The van der Waals surface area contributed by atoms with E-state index >= 15 is 0 Å². The molecule has 0 spiro atoms. The minimum atomic E-state index is -0.370. The molecule has 2 N–H and O–H groups in total. The van der Waals surface area contributed by atoms with Crippen molar-refractivity contribution in [2.75, 3.05) is 20.2 Å². The van der Waals surface area contributed by atoms with Gasteiger partial charge in [0.1, 0.15) is 5.75 Å². The highest BCUT2D eigenvalue weighted by Crippen LogP contribution is 2.44. The zero-order chi connectivity index (χ0) is 15.7. The van der Waals surface area contributed by atoms with Gasteiger partial charge in [-0.15, -0.1) is 0 Å². The fraction of sp³-hybridized carbons (Fsp3) is 0.611. The van der Waals surface area contributed by atoms with E-state index in [0.717, 1.165) is 55.5 Å². The SMILES string of the molecule is COc1cc(C2(C(=O)N3CC[C@H](N)C3)CCCC2)ccc1C. The maximum absolute atomic E-state index is 13.2. The van der Waals surface area contributed by atoms with Gasteiger partial charge < -0.3 is 15.4 Å². The predicted molar refractivity (Wildman–Crippen MR) is 87.0 cm³/mol. The molecule has 120 valence electrons. The highest BCUT2D eigenvalue weighted by atomic mass is 16.5. The van der Waals surface area contributed by atoms with E-state index in [1.165, 1.54) is 0 Å². The van der Waals surface area contributed by atoms with Gasteiger partial charge in [0.25, 0.3) is 0 Å². The summed E-state index contributed by atoms with van der Waals surface area (Å²) in [6.07, 6.45) is 5.01. The first kappa shape index (κ1) is 15.3. The van der Waals surface area contributed by atoms with Crippen molar-refractivity contribution >= 4 is 5.91 Å². The van der Waals surface area contributed by atoms with Crippen molar-refractivity contribution in [3.05, 3.63) is 29.3 Å². The number of rotatable bonds is 3. The lowest BCUT2D eigenvalue weighted by atomic mass is 9.77.